The van der Waals surface area contributed by atoms with Gasteiger partial charge >= 0.3 is 11.8 Å². The molecule has 1 aromatic carbocycles. The fourth-order valence-electron chi connectivity index (χ4n) is 2.20. The van der Waals surface area contributed by atoms with Gasteiger partial charge in [-0.2, -0.15) is 17.6 Å². The number of hydrogen-bond donors (Lipinski definition) is 0. The van der Waals surface area contributed by atoms with Crippen LogP contribution < -0.4 is 0 Å². The molecule has 6 heteroatoms. The molecule has 1 aliphatic carbocycles. The van der Waals surface area contributed by atoms with Gasteiger partial charge in [-0.05, 0) is 18.6 Å². The van der Waals surface area contributed by atoms with Gasteiger partial charge in [0, 0.05) is 28.2 Å². The summed E-state index contributed by atoms with van der Waals surface area (Å²) in [4.78, 5) is 0. The second-order valence-corrected chi connectivity index (χ2v) is 5.25. The van der Waals surface area contributed by atoms with Crippen molar-refractivity contribution in [3.63, 3.8) is 0 Å². The maximum atomic E-state index is 14.1. The van der Waals surface area contributed by atoms with Gasteiger partial charge < -0.3 is 0 Å². The molecule has 0 atom stereocenters. The molecule has 0 unspecified atom stereocenters. The lowest BCUT2D eigenvalue weighted by molar-refractivity contribution is -0.150. The van der Waals surface area contributed by atoms with Crippen molar-refractivity contribution in [2.24, 2.45) is 0 Å². The number of halogens is 6. The van der Waals surface area contributed by atoms with Gasteiger partial charge in [0.15, 0.2) is 0 Å². The summed E-state index contributed by atoms with van der Waals surface area (Å²) in [5, 5.41) is -0.0286. The molecule has 0 nitrogen and oxygen atoms in total. The Labute approximate surface area is 123 Å². The number of rotatable bonds is 3. The molecule has 0 bridgehead atoms. The number of benzene rings is 1. The molecule has 2 rings (SSSR count). The molecule has 0 radical (unpaired) electrons. The average Bonchev–Trinajstić information content (AvgIpc) is 2.37. The van der Waals surface area contributed by atoms with E-state index in [4.69, 9.17) is 11.6 Å². The fraction of sp³-hybridized carbons (Fsp3) is 0.333. The third-order valence-corrected chi connectivity index (χ3v) is 3.68. The first kappa shape index (κ1) is 16.0. The average molecular weight is 323 g/mol. The SMILES string of the molecule is Cc1ccc(C2=CC=C(CCF)C(F)(F)C2(F)F)c(Cl)c1. The molecule has 0 aliphatic heterocycles. The molecule has 0 amide bonds. The largest absolute Gasteiger partial charge is 0.340 e. The van der Waals surface area contributed by atoms with E-state index >= 15 is 0 Å². The fourth-order valence-corrected chi connectivity index (χ4v) is 2.54. The van der Waals surface area contributed by atoms with Crippen LogP contribution in [0.3, 0.4) is 0 Å². The summed E-state index contributed by atoms with van der Waals surface area (Å²) in [6, 6.07) is 4.21. The Hall–Kier alpha value is -1.36. The summed E-state index contributed by atoms with van der Waals surface area (Å²) in [6.45, 7) is 0.586. The Balaban J connectivity index is 2.58. The van der Waals surface area contributed by atoms with Crippen LogP contribution in [0.1, 0.15) is 17.5 Å². The van der Waals surface area contributed by atoms with Crippen LogP contribution in [0.25, 0.3) is 5.57 Å². The zero-order valence-corrected chi connectivity index (χ0v) is 11.8. The first-order valence-corrected chi connectivity index (χ1v) is 6.59. The molecule has 0 spiro atoms. The highest BCUT2D eigenvalue weighted by Gasteiger charge is 2.62. The maximum Gasteiger partial charge on any atom is 0.340 e. The van der Waals surface area contributed by atoms with Crippen LogP contribution in [0.2, 0.25) is 5.02 Å². The Morgan fingerprint density at radius 3 is 2.29 bits per heavy atom. The van der Waals surface area contributed by atoms with Crippen LogP contribution >= 0.6 is 11.6 Å². The molecule has 0 saturated heterocycles. The minimum absolute atomic E-state index is 0.0286. The number of allylic oxidation sites excluding steroid dienone is 4. The Morgan fingerprint density at radius 1 is 1.05 bits per heavy atom. The lowest BCUT2D eigenvalue weighted by Gasteiger charge is -2.33. The summed E-state index contributed by atoms with van der Waals surface area (Å²) in [6.07, 6.45) is 1.01. The third kappa shape index (κ3) is 2.59. The second kappa shape index (κ2) is 5.44. The smallest absolute Gasteiger partial charge is 0.251 e. The van der Waals surface area contributed by atoms with E-state index in [1.165, 1.54) is 18.2 Å². The third-order valence-electron chi connectivity index (χ3n) is 3.37. The van der Waals surface area contributed by atoms with Gasteiger partial charge in [-0.25, -0.2) is 0 Å². The molecule has 114 valence electrons. The quantitative estimate of drug-likeness (QED) is 0.635. The minimum atomic E-state index is -4.44. The van der Waals surface area contributed by atoms with E-state index in [1.807, 2.05) is 0 Å². The van der Waals surface area contributed by atoms with E-state index in [0.717, 1.165) is 17.7 Å². The zero-order valence-electron chi connectivity index (χ0n) is 11.1. The van der Waals surface area contributed by atoms with Gasteiger partial charge in [0.05, 0.1) is 6.67 Å². The van der Waals surface area contributed by atoms with E-state index in [2.05, 4.69) is 0 Å². The van der Waals surface area contributed by atoms with Gasteiger partial charge in [0.2, 0.25) is 0 Å². The molecule has 0 aromatic heterocycles. The number of alkyl halides is 5. The predicted octanol–water partition coefficient (Wildman–Crippen LogP) is 5.60. The Kier molecular flexibility index (Phi) is 4.15. The molecule has 0 N–H and O–H groups in total. The van der Waals surface area contributed by atoms with Crippen molar-refractivity contribution in [3.05, 3.63) is 52.1 Å². The highest BCUT2D eigenvalue weighted by Crippen LogP contribution is 2.52. The monoisotopic (exact) mass is 322 g/mol. The topological polar surface area (TPSA) is 0 Å². The van der Waals surface area contributed by atoms with E-state index in [-0.39, 0.29) is 10.6 Å². The van der Waals surface area contributed by atoms with Gasteiger partial charge in [-0.15, -0.1) is 0 Å². The first-order valence-electron chi connectivity index (χ1n) is 6.21. The van der Waals surface area contributed by atoms with Crippen molar-refractivity contribution < 1.29 is 22.0 Å². The molecule has 0 heterocycles. The van der Waals surface area contributed by atoms with Crippen molar-refractivity contribution in [1.82, 2.24) is 0 Å². The summed E-state index contributed by atoms with van der Waals surface area (Å²) < 4.78 is 68.4. The van der Waals surface area contributed by atoms with Crippen LogP contribution in [0.15, 0.2) is 35.9 Å². The van der Waals surface area contributed by atoms with Crippen LogP contribution in [-0.4, -0.2) is 18.5 Å². The molecule has 0 fully saturated rings. The van der Waals surface area contributed by atoms with Gasteiger partial charge in [-0.1, -0.05) is 35.9 Å². The molecule has 0 saturated carbocycles. The predicted molar refractivity (Wildman–Crippen MR) is 72.7 cm³/mol. The van der Waals surface area contributed by atoms with Crippen molar-refractivity contribution in [3.8, 4) is 0 Å². The van der Waals surface area contributed by atoms with Crippen LogP contribution in [-0.2, 0) is 0 Å². The zero-order chi connectivity index (χ0) is 15.8. The number of hydrogen-bond acceptors (Lipinski definition) is 0. The first-order chi connectivity index (χ1) is 9.71. The second-order valence-electron chi connectivity index (χ2n) is 4.84. The highest BCUT2D eigenvalue weighted by molar-refractivity contribution is 6.32. The standard InChI is InChI=1S/C15H12ClF5/c1-9-2-4-11(13(16)8-9)12-5-3-10(6-7-17)14(18,19)15(12,20)21/h2-5,8H,6-7H2,1H3. The maximum absolute atomic E-state index is 14.1. The molecule has 1 aromatic rings. The molecule has 21 heavy (non-hydrogen) atoms. The number of aryl methyl sites for hydroxylation is 1. The normalized spacial score (nSPS) is 20.0. The molecular formula is C15H12ClF5. The van der Waals surface area contributed by atoms with E-state index in [9.17, 15) is 22.0 Å². The minimum Gasteiger partial charge on any atom is -0.251 e. The lowest BCUT2D eigenvalue weighted by atomic mass is 9.85. The van der Waals surface area contributed by atoms with Crippen molar-refractivity contribution in [1.29, 1.82) is 0 Å². The van der Waals surface area contributed by atoms with Gasteiger partial charge in [0.25, 0.3) is 0 Å². The summed E-state index contributed by atoms with van der Waals surface area (Å²) in [5.41, 5.74) is -1.20. The van der Waals surface area contributed by atoms with Crippen LogP contribution in [0.4, 0.5) is 22.0 Å². The summed E-state index contributed by atoms with van der Waals surface area (Å²) >= 11 is 5.88. The van der Waals surface area contributed by atoms with Gasteiger partial charge in [0.1, 0.15) is 0 Å². The Bertz CT molecular complexity index is 616. The van der Waals surface area contributed by atoms with E-state index in [0.29, 0.717) is 0 Å². The highest BCUT2D eigenvalue weighted by atomic mass is 35.5. The summed E-state index contributed by atoms with van der Waals surface area (Å²) in [5.74, 6) is -8.87. The lowest BCUT2D eigenvalue weighted by Crippen LogP contribution is -2.44. The van der Waals surface area contributed by atoms with Crippen molar-refractivity contribution >= 4 is 17.2 Å². The molecular weight excluding hydrogens is 311 g/mol. The summed E-state index contributed by atoms with van der Waals surface area (Å²) in [7, 11) is 0. The van der Waals surface area contributed by atoms with Crippen molar-refractivity contribution in [2.75, 3.05) is 6.67 Å². The van der Waals surface area contributed by atoms with Crippen LogP contribution in [0.5, 0.6) is 0 Å². The van der Waals surface area contributed by atoms with E-state index < -0.39 is 36.1 Å². The van der Waals surface area contributed by atoms with Crippen molar-refractivity contribution in [2.45, 2.75) is 25.2 Å². The Morgan fingerprint density at radius 2 is 1.71 bits per heavy atom. The van der Waals surface area contributed by atoms with E-state index in [1.54, 1.807) is 6.92 Å². The van der Waals surface area contributed by atoms with Gasteiger partial charge in [-0.3, -0.25) is 4.39 Å². The van der Waals surface area contributed by atoms with Crippen LogP contribution in [0, 0.1) is 6.92 Å². The molecule has 1 aliphatic rings.